The first-order valence-corrected chi connectivity index (χ1v) is 5.71. The maximum absolute atomic E-state index is 13.4. The monoisotopic (exact) mass is 225 g/mol. The summed E-state index contributed by atoms with van der Waals surface area (Å²) >= 11 is 0. The van der Waals surface area contributed by atoms with Gasteiger partial charge in [0.05, 0.1) is 0 Å². The van der Waals surface area contributed by atoms with E-state index in [0.29, 0.717) is 30.3 Å². The lowest BCUT2D eigenvalue weighted by Gasteiger charge is -2.16. The molecule has 0 aliphatic rings. The van der Waals surface area contributed by atoms with Gasteiger partial charge in [-0.15, -0.1) is 0 Å². The zero-order valence-electron chi connectivity index (χ0n) is 10.2. The van der Waals surface area contributed by atoms with Crippen LogP contribution in [-0.4, -0.2) is 12.6 Å². The van der Waals surface area contributed by atoms with Crippen molar-refractivity contribution in [3.8, 4) is 5.75 Å². The first-order chi connectivity index (χ1) is 7.54. The van der Waals surface area contributed by atoms with E-state index in [9.17, 15) is 4.39 Å². The number of halogens is 1. The molecule has 0 aromatic heterocycles. The van der Waals surface area contributed by atoms with Crippen LogP contribution in [0.15, 0.2) is 18.2 Å². The van der Waals surface area contributed by atoms with Crippen LogP contribution in [0.1, 0.15) is 26.3 Å². The van der Waals surface area contributed by atoms with E-state index in [2.05, 4.69) is 0 Å². The Morgan fingerprint density at radius 2 is 2.06 bits per heavy atom. The van der Waals surface area contributed by atoms with Gasteiger partial charge in [0, 0.05) is 12.1 Å². The number of benzene rings is 1. The molecule has 0 aliphatic heterocycles. The van der Waals surface area contributed by atoms with Gasteiger partial charge in [-0.2, -0.15) is 0 Å². The highest BCUT2D eigenvalue weighted by Crippen LogP contribution is 2.17. The highest BCUT2D eigenvalue weighted by molar-refractivity contribution is 5.28. The Hall–Kier alpha value is -1.09. The minimum atomic E-state index is -0.210. The van der Waals surface area contributed by atoms with Gasteiger partial charge in [0.2, 0.25) is 0 Å². The summed E-state index contributed by atoms with van der Waals surface area (Å²) in [6.07, 6.45) is 0.692. The van der Waals surface area contributed by atoms with E-state index in [0.717, 1.165) is 0 Å². The van der Waals surface area contributed by atoms with Crippen LogP contribution in [0.5, 0.6) is 5.75 Å². The van der Waals surface area contributed by atoms with Gasteiger partial charge in [-0.05, 0) is 24.0 Å². The van der Waals surface area contributed by atoms with Gasteiger partial charge < -0.3 is 10.5 Å². The van der Waals surface area contributed by atoms with E-state index < -0.39 is 0 Å². The van der Waals surface area contributed by atoms with E-state index in [-0.39, 0.29) is 11.9 Å². The van der Waals surface area contributed by atoms with Crippen LogP contribution in [0.25, 0.3) is 0 Å². The first-order valence-electron chi connectivity index (χ1n) is 5.71. The highest BCUT2D eigenvalue weighted by Gasteiger charge is 2.09. The normalized spacial score (nSPS) is 12.9. The molecule has 16 heavy (non-hydrogen) atoms. The standard InChI is InChI=1S/C13H20FNO/c1-4-10-5-6-11(7-12(10)14)16-8-13(15)9(2)3/h5-7,9,13H,4,8,15H2,1-3H3/t13-/m0/s1. The molecule has 90 valence electrons. The predicted molar refractivity (Wildman–Crippen MR) is 64.1 cm³/mol. The lowest BCUT2D eigenvalue weighted by molar-refractivity contribution is 0.258. The van der Waals surface area contributed by atoms with Crippen molar-refractivity contribution in [2.24, 2.45) is 11.7 Å². The molecule has 3 heteroatoms. The lowest BCUT2D eigenvalue weighted by atomic mass is 10.1. The van der Waals surface area contributed by atoms with Gasteiger partial charge in [-0.3, -0.25) is 0 Å². The third-order valence-electron chi connectivity index (χ3n) is 2.70. The Morgan fingerprint density at radius 3 is 2.56 bits per heavy atom. The second kappa shape index (κ2) is 5.85. The number of aryl methyl sites for hydroxylation is 1. The molecule has 1 atom stereocenters. The average molecular weight is 225 g/mol. The van der Waals surface area contributed by atoms with Crippen molar-refractivity contribution in [2.75, 3.05) is 6.61 Å². The molecule has 0 aliphatic carbocycles. The summed E-state index contributed by atoms with van der Waals surface area (Å²) in [4.78, 5) is 0. The van der Waals surface area contributed by atoms with Crippen molar-refractivity contribution in [2.45, 2.75) is 33.2 Å². The molecule has 0 bridgehead atoms. The summed E-state index contributed by atoms with van der Waals surface area (Å²) in [6, 6.07) is 4.95. The minimum Gasteiger partial charge on any atom is -0.492 e. The van der Waals surface area contributed by atoms with Crippen LogP contribution < -0.4 is 10.5 Å². The summed E-state index contributed by atoms with van der Waals surface area (Å²) < 4.78 is 18.9. The largest absolute Gasteiger partial charge is 0.492 e. The molecular formula is C13H20FNO. The third-order valence-corrected chi connectivity index (χ3v) is 2.70. The number of rotatable bonds is 5. The van der Waals surface area contributed by atoms with Crippen LogP contribution in [0.4, 0.5) is 4.39 Å². The van der Waals surface area contributed by atoms with Crippen LogP contribution in [0.3, 0.4) is 0 Å². The topological polar surface area (TPSA) is 35.2 Å². The van der Waals surface area contributed by atoms with Crippen molar-refractivity contribution in [3.63, 3.8) is 0 Å². The second-order valence-electron chi connectivity index (χ2n) is 4.33. The molecule has 0 unspecified atom stereocenters. The Bertz CT molecular complexity index is 339. The van der Waals surface area contributed by atoms with E-state index in [1.54, 1.807) is 12.1 Å². The summed E-state index contributed by atoms with van der Waals surface area (Å²) in [5.74, 6) is 0.698. The molecule has 1 rings (SSSR count). The summed E-state index contributed by atoms with van der Waals surface area (Å²) in [5, 5.41) is 0. The van der Waals surface area contributed by atoms with Gasteiger partial charge in [0.1, 0.15) is 18.2 Å². The zero-order valence-corrected chi connectivity index (χ0v) is 10.2. The van der Waals surface area contributed by atoms with Gasteiger partial charge >= 0.3 is 0 Å². The molecule has 0 saturated carbocycles. The smallest absolute Gasteiger partial charge is 0.130 e. The number of hydrogen-bond acceptors (Lipinski definition) is 2. The van der Waals surface area contributed by atoms with Gasteiger partial charge in [0.25, 0.3) is 0 Å². The average Bonchev–Trinajstić information content (AvgIpc) is 2.25. The van der Waals surface area contributed by atoms with Crippen molar-refractivity contribution < 1.29 is 9.13 Å². The van der Waals surface area contributed by atoms with Crippen molar-refractivity contribution in [1.29, 1.82) is 0 Å². The van der Waals surface area contributed by atoms with Gasteiger partial charge in [-0.25, -0.2) is 4.39 Å². The molecular weight excluding hydrogens is 205 g/mol. The zero-order chi connectivity index (χ0) is 12.1. The molecule has 0 radical (unpaired) electrons. The van der Waals surface area contributed by atoms with Crippen LogP contribution in [0, 0.1) is 11.7 Å². The van der Waals surface area contributed by atoms with E-state index in [1.807, 2.05) is 20.8 Å². The van der Waals surface area contributed by atoms with Crippen molar-refractivity contribution >= 4 is 0 Å². The molecule has 0 heterocycles. The van der Waals surface area contributed by atoms with Gasteiger partial charge in [-0.1, -0.05) is 26.8 Å². The highest BCUT2D eigenvalue weighted by atomic mass is 19.1. The summed E-state index contributed by atoms with van der Waals surface area (Å²) in [7, 11) is 0. The fraction of sp³-hybridized carbons (Fsp3) is 0.538. The molecule has 0 spiro atoms. The minimum absolute atomic E-state index is 0.0195. The maximum atomic E-state index is 13.4. The third kappa shape index (κ3) is 3.49. The molecule has 0 fully saturated rings. The fourth-order valence-corrected chi connectivity index (χ4v) is 1.29. The fourth-order valence-electron chi connectivity index (χ4n) is 1.29. The lowest BCUT2D eigenvalue weighted by Crippen LogP contribution is -2.33. The van der Waals surface area contributed by atoms with E-state index in [1.165, 1.54) is 6.07 Å². The number of hydrogen-bond donors (Lipinski definition) is 1. The molecule has 2 nitrogen and oxygen atoms in total. The molecule has 0 saturated heterocycles. The van der Waals surface area contributed by atoms with Crippen molar-refractivity contribution in [3.05, 3.63) is 29.6 Å². The Balaban J connectivity index is 2.58. The van der Waals surface area contributed by atoms with E-state index in [4.69, 9.17) is 10.5 Å². The number of ether oxygens (including phenoxy) is 1. The Labute approximate surface area is 96.6 Å². The first kappa shape index (κ1) is 13.0. The predicted octanol–water partition coefficient (Wildman–Crippen LogP) is 2.75. The SMILES string of the molecule is CCc1ccc(OC[C@H](N)C(C)C)cc1F. The van der Waals surface area contributed by atoms with Crippen molar-refractivity contribution in [1.82, 2.24) is 0 Å². The summed E-state index contributed by atoms with van der Waals surface area (Å²) in [6.45, 7) is 6.42. The van der Waals surface area contributed by atoms with E-state index >= 15 is 0 Å². The molecule has 1 aromatic carbocycles. The molecule has 1 aromatic rings. The Morgan fingerprint density at radius 1 is 1.38 bits per heavy atom. The van der Waals surface area contributed by atoms with Crippen LogP contribution >= 0.6 is 0 Å². The van der Waals surface area contributed by atoms with Crippen LogP contribution in [0.2, 0.25) is 0 Å². The van der Waals surface area contributed by atoms with Gasteiger partial charge in [0.15, 0.2) is 0 Å². The Kier molecular flexibility index (Phi) is 4.74. The van der Waals surface area contributed by atoms with Crippen LogP contribution in [-0.2, 0) is 6.42 Å². The molecule has 2 N–H and O–H groups in total. The molecule has 0 amide bonds. The second-order valence-corrected chi connectivity index (χ2v) is 4.33. The summed E-state index contributed by atoms with van der Waals surface area (Å²) in [5.41, 5.74) is 6.55. The quantitative estimate of drug-likeness (QED) is 0.836. The maximum Gasteiger partial charge on any atom is 0.130 e. The number of nitrogens with two attached hydrogens (primary N) is 1.